The Morgan fingerprint density at radius 2 is 2.05 bits per heavy atom. The van der Waals surface area contributed by atoms with Gasteiger partial charge in [0.1, 0.15) is 11.3 Å². The molecule has 0 spiro atoms. The summed E-state index contributed by atoms with van der Waals surface area (Å²) in [6.45, 7) is 1.68. The van der Waals surface area contributed by atoms with Gasteiger partial charge in [0.05, 0.1) is 6.04 Å². The highest BCUT2D eigenvalue weighted by Gasteiger charge is 2.26. The van der Waals surface area contributed by atoms with E-state index in [1.165, 1.54) is 0 Å². The minimum Gasteiger partial charge on any atom is -0.459 e. The van der Waals surface area contributed by atoms with Gasteiger partial charge in [0.25, 0.3) is 0 Å². The van der Waals surface area contributed by atoms with Crippen LogP contribution in [-0.2, 0) is 4.74 Å². The molecule has 1 aromatic heterocycles. The van der Waals surface area contributed by atoms with Crippen LogP contribution in [-0.4, -0.2) is 20.3 Å². The second-order valence-electron chi connectivity index (χ2n) is 5.05. The summed E-state index contributed by atoms with van der Waals surface area (Å²) in [5, 5.41) is 5.19. The molecule has 19 heavy (non-hydrogen) atoms. The van der Waals surface area contributed by atoms with Crippen molar-refractivity contribution in [1.82, 2.24) is 5.32 Å². The minimum absolute atomic E-state index is 0.245. The van der Waals surface area contributed by atoms with Gasteiger partial charge < -0.3 is 14.5 Å². The molecule has 1 aromatic carbocycles. The van der Waals surface area contributed by atoms with Crippen molar-refractivity contribution >= 4 is 22.6 Å². The van der Waals surface area contributed by atoms with Gasteiger partial charge in [-0.15, -0.1) is 0 Å². The van der Waals surface area contributed by atoms with Crippen LogP contribution in [0.3, 0.4) is 0 Å². The monoisotopic (exact) mass is 279 g/mol. The summed E-state index contributed by atoms with van der Waals surface area (Å²) in [5.41, 5.74) is 0.895. The third kappa shape index (κ3) is 2.64. The van der Waals surface area contributed by atoms with Crippen molar-refractivity contribution in [1.29, 1.82) is 0 Å². The topological polar surface area (TPSA) is 34.4 Å². The first kappa shape index (κ1) is 13.0. The number of halogens is 1. The highest BCUT2D eigenvalue weighted by Crippen LogP contribution is 2.33. The van der Waals surface area contributed by atoms with Crippen molar-refractivity contribution in [3.63, 3.8) is 0 Å². The molecular formula is C15H18ClNO2. The summed E-state index contributed by atoms with van der Waals surface area (Å²) in [7, 11) is 1.99. The van der Waals surface area contributed by atoms with E-state index in [-0.39, 0.29) is 6.04 Å². The first-order valence-electron chi connectivity index (χ1n) is 6.72. The van der Waals surface area contributed by atoms with Gasteiger partial charge >= 0.3 is 0 Å². The Labute approximate surface area is 117 Å². The lowest BCUT2D eigenvalue weighted by Crippen LogP contribution is -2.29. The molecule has 0 radical (unpaired) electrons. The van der Waals surface area contributed by atoms with Gasteiger partial charge in [-0.1, -0.05) is 11.6 Å². The van der Waals surface area contributed by atoms with Gasteiger partial charge in [-0.05, 0) is 50.1 Å². The smallest absolute Gasteiger partial charge is 0.134 e. The van der Waals surface area contributed by atoms with E-state index in [1.54, 1.807) is 0 Å². The quantitative estimate of drug-likeness (QED) is 0.929. The van der Waals surface area contributed by atoms with Crippen molar-refractivity contribution in [3.05, 3.63) is 35.0 Å². The molecule has 1 atom stereocenters. The number of benzene rings is 1. The minimum atomic E-state index is 0.245. The molecule has 2 heterocycles. The van der Waals surface area contributed by atoms with Crippen LogP contribution in [0.25, 0.3) is 11.0 Å². The zero-order chi connectivity index (χ0) is 13.2. The van der Waals surface area contributed by atoms with E-state index in [9.17, 15) is 0 Å². The summed E-state index contributed by atoms with van der Waals surface area (Å²) < 4.78 is 11.4. The number of nitrogens with one attached hydrogen (secondary N) is 1. The highest BCUT2D eigenvalue weighted by atomic mass is 35.5. The molecule has 0 bridgehead atoms. The van der Waals surface area contributed by atoms with E-state index in [0.29, 0.717) is 5.92 Å². The van der Waals surface area contributed by atoms with Gasteiger partial charge in [-0.3, -0.25) is 0 Å². The van der Waals surface area contributed by atoms with Crippen molar-refractivity contribution in [2.75, 3.05) is 20.3 Å². The fraction of sp³-hybridized carbons (Fsp3) is 0.467. The molecule has 0 amide bonds. The maximum absolute atomic E-state index is 6.02. The Kier molecular flexibility index (Phi) is 3.78. The second kappa shape index (κ2) is 5.53. The molecule has 3 nitrogen and oxygen atoms in total. The average Bonchev–Trinajstić information content (AvgIpc) is 2.83. The molecule has 1 N–H and O–H groups in total. The number of hydrogen-bond donors (Lipinski definition) is 1. The highest BCUT2D eigenvalue weighted by molar-refractivity contribution is 6.31. The van der Waals surface area contributed by atoms with E-state index in [4.69, 9.17) is 20.8 Å². The van der Waals surface area contributed by atoms with Crippen LogP contribution in [0.1, 0.15) is 24.6 Å². The molecule has 1 aliphatic rings. The third-order valence-electron chi connectivity index (χ3n) is 3.85. The predicted molar refractivity (Wildman–Crippen MR) is 76.6 cm³/mol. The Balaban J connectivity index is 1.91. The van der Waals surface area contributed by atoms with E-state index in [1.807, 2.05) is 25.2 Å². The van der Waals surface area contributed by atoms with Crippen molar-refractivity contribution < 1.29 is 9.15 Å². The van der Waals surface area contributed by atoms with Crippen LogP contribution >= 0.6 is 11.6 Å². The Bertz CT molecular complexity index is 560. The molecular weight excluding hydrogens is 262 g/mol. The number of fused-ring (bicyclic) bond motifs is 1. The first-order valence-corrected chi connectivity index (χ1v) is 7.10. The molecule has 0 aliphatic carbocycles. The lowest BCUT2D eigenvalue weighted by molar-refractivity contribution is 0.0520. The number of rotatable bonds is 3. The van der Waals surface area contributed by atoms with Crippen LogP contribution in [0.5, 0.6) is 0 Å². The summed E-state index contributed by atoms with van der Waals surface area (Å²) in [6.07, 6.45) is 2.15. The predicted octanol–water partition coefficient (Wildman–Crippen LogP) is 3.77. The lowest BCUT2D eigenvalue weighted by atomic mass is 9.90. The van der Waals surface area contributed by atoms with E-state index in [0.717, 1.165) is 47.8 Å². The van der Waals surface area contributed by atoms with Gasteiger partial charge in [0.15, 0.2) is 0 Å². The van der Waals surface area contributed by atoms with Gasteiger partial charge in [-0.2, -0.15) is 0 Å². The van der Waals surface area contributed by atoms with E-state index in [2.05, 4.69) is 11.4 Å². The molecule has 3 rings (SSSR count). The zero-order valence-corrected chi connectivity index (χ0v) is 11.7. The lowest BCUT2D eigenvalue weighted by Gasteiger charge is -2.28. The number of ether oxygens (including phenoxy) is 1. The van der Waals surface area contributed by atoms with Gasteiger partial charge in [-0.25, -0.2) is 0 Å². The summed E-state index contributed by atoms with van der Waals surface area (Å²) >= 11 is 6.02. The molecule has 2 aromatic rings. The standard InChI is InChI=1S/C15H18ClNO2/c1-17-15(10-4-6-18-7-5-10)14-9-11-8-12(16)2-3-13(11)19-14/h2-3,8-10,15,17H,4-7H2,1H3. The molecule has 4 heteroatoms. The van der Waals surface area contributed by atoms with Gasteiger partial charge in [0.2, 0.25) is 0 Å². The molecule has 1 aliphatic heterocycles. The molecule has 1 unspecified atom stereocenters. The Morgan fingerprint density at radius 1 is 1.26 bits per heavy atom. The molecule has 102 valence electrons. The van der Waals surface area contributed by atoms with Crippen molar-refractivity contribution in [2.45, 2.75) is 18.9 Å². The Hall–Kier alpha value is -1.03. The fourth-order valence-electron chi connectivity index (χ4n) is 2.85. The van der Waals surface area contributed by atoms with Crippen LogP contribution in [0.4, 0.5) is 0 Å². The van der Waals surface area contributed by atoms with Crippen LogP contribution < -0.4 is 5.32 Å². The van der Waals surface area contributed by atoms with E-state index >= 15 is 0 Å². The largest absolute Gasteiger partial charge is 0.459 e. The molecule has 1 saturated heterocycles. The summed E-state index contributed by atoms with van der Waals surface area (Å²) in [4.78, 5) is 0. The normalized spacial score (nSPS) is 18.8. The van der Waals surface area contributed by atoms with Gasteiger partial charge in [0, 0.05) is 23.6 Å². The van der Waals surface area contributed by atoms with Crippen LogP contribution in [0, 0.1) is 5.92 Å². The summed E-state index contributed by atoms with van der Waals surface area (Å²) in [6, 6.07) is 8.08. The van der Waals surface area contributed by atoms with Crippen molar-refractivity contribution in [2.24, 2.45) is 5.92 Å². The maximum Gasteiger partial charge on any atom is 0.134 e. The fourth-order valence-corrected chi connectivity index (χ4v) is 3.03. The molecule has 1 fully saturated rings. The SMILES string of the molecule is CNC(c1cc2cc(Cl)ccc2o1)C1CCOCC1. The van der Waals surface area contributed by atoms with Crippen LogP contribution in [0.2, 0.25) is 5.02 Å². The van der Waals surface area contributed by atoms with Crippen molar-refractivity contribution in [3.8, 4) is 0 Å². The maximum atomic E-state index is 6.02. The summed E-state index contributed by atoms with van der Waals surface area (Å²) in [5.74, 6) is 1.56. The van der Waals surface area contributed by atoms with Crippen LogP contribution in [0.15, 0.2) is 28.7 Å². The first-order chi connectivity index (χ1) is 9.28. The Morgan fingerprint density at radius 3 is 2.79 bits per heavy atom. The zero-order valence-electron chi connectivity index (χ0n) is 11.0. The molecule has 0 saturated carbocycles. The second-order valence-corrected chi connectivity index (χ2v) is 5.48. The van der Waals surface area contributed by atoms with E-state index < -0.39 is 0 Å². The number of furan rings is 1. The number of hydrogen-bond acceptors (Lipinski definition) is 3. The average molecular weight is 280 g/mol. The third-order valence-corrected chi connectivity index (χ3v) is 4.09.